The molecule has 0 aliphatic carbocycles. The maximum absolute atomic E-state index is 13.8. The maximum Gasteiger partial charge on any atom is 0.416 e. The second kappa shape index (κ2) is 10.5. The van der Waals surface area contributed by atoms with Gasteiger partial charge < -0.3 is 5.32 Å². The Hall–Kier alpha value is -4.12. The van der Waals surface area contributed by atoms with E-state index in [9.17, 15) is 48.3 Å². The van der Waals surface area contributed by atoms with E-state index >= 15 is 0 Å². The highest BCUT2D eigenvalue weighted by Gasteiger charge is 2.31. The lowest BCUT2D eigenvalue weighted by Gasteiger charge is -2.11. The van der Waals surface area contributed by atoms with Crippen LogP contribution in [0.3, 0.4) is 0 Å². The van der Waals surface area contributed by atoms with Crippen LogP contribution in [0.5, 0.6) is 0 Å². The van der Waals surface area contributed by atoms with E-state index < -0.39 is 57.4 Å². The van der Waals surface area contributed by atoms with Crippen molar-refractivity contribution >= 4 is 27.3 Å². The molecule has 17 heteroatoms. The number of fused-ring (bicyclic) bond motifs is 1. The number of nitrogens with zero attached hydrogens (tertiary/aromatic N) is 3. The predicted molar refractivity (Wildman–Crippen MR) is 124 cm³/mol. The van der Waals surface area contributed by atoms with E-state index in [4.69, 9.17) is 0 Å². The number of anilines is 1. The van der Waals surface area contributed by atoms with Gasteiger partial charge in [-0.3, -0.25) is 4.79 Å². The Kier molecular flexibility index (Phi) is 7.55. The number of benzene rings is 2. The summed E-state index contributed by atoms with van der Waals surface area (Å²) in [6.07, 6.45) is -11.7. The highest BCUT2D eigenvalue weighted by molar-refractivity contribution is 7.89. The van der Waals surface area contributed by atoms with Crippen LogP contribution in [-0.2, 0) is 16.2 Å². The molecule has 212 valence electrons. The van der Waals surface area contributed by atoms with Gasteiger partial charge >= 0.3 is 12.4 Å². The molecule has 2 aromatic carbocycles. The zero-order valence-corrected chi connectivity index (χ0v) is 20.4. The summed E-state index contributed by atoms with van der Waals surface area (Å²) in [4.78, 5) is 16.5. The highest BCUT2D eigenvalue weighted by Crippen LogP contribution is 2.32. The van der Waals surface area contributed by atoms with E-state index in [1.165, 1.54) is 10.8 Å². The van der Waals surface area contributed by atoms with Gasteiger partial charge in [-0.2, -0.15) is 31.4 Å². The van der Waals surface area contributed by atoms with E-state index in [0.717, 1.165) is 54.7 Å². The molecule has 1 amide bonds. The second-order valence-electron chi connectivity index (χ2n) is 8.16. The molecule has 0 radical (unpaired) electrons. The number of amides is 1. The number of rotatable bonds is 7. The van der Waals surface area contributed by atoms with Crippen molar-refractivity contribution in [2.24, 2.45) is 0 Å². The largest absolute Gasteiger partial charge is 0.416 e. The highest BCUT2D eigenvalue weighted by atomic mass is 32.2. The van der Waals surface area contributed by atoms with Gasteiger partial charge in [0.1, 0.15) is 17.8 Å². The van der Waals surface area contributed by atoms with Crippen LogP contribution in [-0.4, -0.2) is 41.6 Å². The lowest BCUT2D eigenvalue weighted by atomic mass is 10.1. The summed E-state index contributed by atoms with van der Waals surface area (Å²) in [5.41, 5.74) is -2.77. The molecule has 0 saturated heterocycles. The molecule has 4 rings (SSSR count). The Morgan fingerprint density at radius 1 is 0.975 bits per heavy atom. The van der Waals surface area contributed by atoms with Gasteiger partial charge in [-0.05, 0) is 36.4 Å². The van der Waals surface area contributed by atoms with Crippen LogP contribution in [0.1, 0.15) is 28.0 Å². The van der Waals surface area contributed by atoms with E-state index in [-0.39, 0.29) is 28.2 Å². The molecular formula is C23H15F8N5O3S. The van der Waals surface area contributed by atoms with E-state index in [0.29, 0.717) is 4.52 Å². The summed E-state index contributed by atoms with van der Waals surface area (Å²) in [5, 5.41) is 6.03. The first-order chi connectivity index (χ1) is 18.5. The van der Waals surface area contributed by atoms with Crippen molar-refractivity contribution in [1.82, 2.24) is 19.3 Å². The molecule has 40 heavy (non-hydrogen) atoms. The first kappa shape index (κ1) is 28.9. The minimum absolute atomic E-state index is 0.0363. The summed E-state index contributed by atoms with van der Waals surface area (Å²) >= 11 is 0. The van der Waals surface area contributed by atoms with Gasteiger partial charge in [-0.1, -0.05) is 18.2 Å². The molecular weight excluding hydrogens is 578 g/mol. The maximum atomic E-state index is 13.8. The second-order valence-corrected chi connectivity index (χ2v) is 9.92. The number of hydrogen-bond donors (Lipinski definition) is 2. The zero-order chi connectivity index (χ0) is 29.5. The third-order valence-corrected chi connectivity index (χ3v) is 6.74. The zero-order valence-electron chi connectivity index (χ0n) is 19.6. The van der Waals surface area contributed by atoms with Crippen molar-refractivity contribution in [3.05, 3.63) is 77.6 Å². The molecule has 0 spiro atoms. The normalized spacial score (nSPS) is 12.7. The van der Waals surface area contributed by atoms with Crippen LogP contribution in [0.2, 0.25) is 0 Å². The SMILES string of the molecule is O=C(Nc1cccc(S(=O)(=O)NCC(F)(F)F)c1)c1cnn2c(C(F)F)cc(-c3ccc(C(F)(F)F)cc3)nc12. The topological polar surface area (TPSA) is 105 Å². The summed E-state index contributed by atoms with van der Waals surface area (Å²) in [6.45, 7) is -1.83. The Balaban J connectivity index is 1.67. The van der Waals surface area contributed by atoms with E-state index in [1.54, 1.807) is 0 Å². The standard InChI is InChI=1S/C23H15F8N5O3S/c24-19(25)18-9-17(12-4-6-13(7-5-12)23(29,30)31)35-20-16(10-32-36(18)20)21(37)34-14-2-1-3-15(8-14)40(38,39)33-11-22(26,27)28/h1-10,19,33H,11H2,(H,34,37). The van der Waals surface area contributed by atoms with E-state index in [1.807, 2.05) is 0 Å². The van der Waals surface area contributed by atoms with Gasteiger partial charge in [-0.15, -0.1) is 0 Å². The number of carbonyl (C=O) groups excluding carboxylic acids is 1. The van der Waals surface area contributed by atoms with Crippen LogP contribution < -0.4 is 10.0 Å². The minimum Gasteiger partial charge on any atom is -0.322 e. The molecule has 0 saturated carbocycles. The van der Waals surface area contributed by atoms with Gasteiger partial charge in [-0.25, -0.2) is 31.4 Å². The van der Waals surface area contributed by atoms with Gasteiger partial charge in [0.25, 0.3) is 12.3 Å². The number of aromatic nitrogens is 3. The average Bonchev–Trinajstić information content (AvgIpc) is 3.30. The quantitative estimate of drug-likeness (QED) is 0.278. The van der Waals surface area contributed by atoms with E-state index in [2.05, 4.69) is 15.4 Å². The Morgan fingerprint density at radius 2 is 1.65 bits per heavy atom. The third-order valence-electron chi connectivity index (χ3n) is 5.34. The van der Waals surface area contributed by atoms with Crippen molar-refractivity contribution in [3.8, 4) is 11.3 Å². The smallest absolute Gasteiger partial charge is 0.322 e. The van der Waals surface area contributed by atoms with Gasteiger partial charge in [0.05, 0.1) is 22.3 Å². The number of carbonyl (C=O) groups is 1. The lowest BCUT2D eigenvalue weighted by Crippen LogP contribution is -2.33. The lowest BCUT2D eigenvalue weighted by molar-refractivity contribution is -0.137. The molecule has 0 atom stereocenters. The molecule has 8 nitrogen and oxygen atoms in total. The third kappa shape index (κ3) is 6.36. The molecule has 0 fully saturated rings. The first-order valence-electron chi connectivity index (χ1n) is 10.9. The minimum atomic E-state index is -4.81. The molecule has 2 aromatic heterocycles. The molecule has 0 aliphatic heterocycles. The fraction of sp³-hybridized carbons (Fsp3) is 0.174. The van der Waals surface area contributed by atoms with Crippen LogP contribution in [0.25, 0.3) is 16.9 Å². The van der Waals surface area contributed by atoms with Gasteiger partial charge in [0, 0.05) is 11.3 Å². The first-order valence-corrected chi connectivity index (χ1v) is 12.4. The Morgan fingerprint density at radius 3 is 2.25 bits per heavy atom. The number of sulfonamides is 1. The summed E-state index contributed by atoms with van der Waals surface area (Å²) < 4.78 is 130. The number of nitrogens with one attached hydrogen (secondary N) is 2. The number of hydrogen-bond acceptors (Lipinski definition) is 5. The predicted octanol–water partition coefficient (Wildman–Crippen LogP) is 5.45. The van der Waals surface area contributed by atoms with Crippen molar-refractivity contribution < 1.29 is 48.3 Å². The Labute approximate surface area is 219 Å². The molecule has 2 N–H and O–H groups in total. The van der Waals surface area contributed by atoms with Crippen molar-refractivity contribution in [2.45, 2.75) is 23.7 Å². The number of alkyl halides is 8. The summed E-state index contributed by atoms with van der Waals surface area (Å²) in [7, 11) is -4.61. The van der Waals surface area contributed by atoms with Crippen LogP contribution in [0, 0.1) is 0 Å². The van der Waals surface area contributed by atoms with Crippen molar-refractivity contribution in [2.75, 3.05) is 11.9 Å². The van der Waals surface area contributed by atoms with Gasteiger partial charge in [0.15, 0.2) is 5.65 Å². The molecule has 0 bridgehead atoms. The number of halogens is 8. The molecule has 0 unspecified atom stereocenters. The fourth-order valence-electron chi connectivity index (χ4n) is 3.48. The fourth-order valence-corrected chi connectivity index (χ4v) is 4.54. The van der Waals surface area contributed by atoms with Crippen molar-refractivity contribution in [3.63, 3.8) is 0 Å². The monoisotopic (exact) mass is 593 g/mol. The van der Waals surface area contributed by atoms with Crippen LogP contribution in [0.4, 0.5) is 40.8 Å². The van der Waals surface area contributed by atoms with Crippen LogP contribution in [0.15, 0.2) is 65.7 Å². The average molecular weight is 593 g/mol. The molecule has 4 aromatic rings. The van der Waals surface area contributed by atoms with Crippen LogP contribution >= 0.6 is 0 Å². The molecule has 2 heterocycles. The summed E-state index contributed by atoms with van der Waals surface area (Å²) in [6, 6.07) is 8.62. The van der Waals surface area contributed by atoms with Gasteiger partial charge in [0.2, 0.25) is 10.0 Å². The Bertz CT molecular complexity index is 1670. The summed E-state index contributed by atoms with van der Waals surface area (Å²) in [5.74, 6) is -0.995. The molecule has 0 aliphatic rings. The van der Waals surface area contributed by atoms with Crippen molar-refractivity contribution in [1.29, 1.82) is 0 Å².